The topological polar surface area (TPSA) is 16.4 Å². The van der Waals surface area contributed by atoms with E-state index >= 15 is 0 Å². The molecule has 0 amide bonds. The first-order valence-corrected chi connectivity index (χ1v) is 21.2. The highest BCUT2D eigenvalue weighted by Crippen LogP contribution is 2.69. The van der Waals surface area contributed by atoms with Crippen molar-refractivity contribution in [3.05, 3.63) is 155 Å². The Labute approximate surface area is 320 Å². The fourth-order valence-corrected chi connectivity index (χ4v) is 14.1. The van der Waals surface area contributed by atoms with E-state index in [9.17, 15) is 0 Å². The van der Waals surface area contributed by atoms with Crippen molar-refractivity contribution in [2.45, 2.75) is 82.7 Å². The van der Waals surface area contributed by atoms with Gasteiger partial charge in [-0.1, -0.05) is 134 Å². The predicted octanol–water partition coefficient (Wildman–Crippen LogP) is 12.9. The minimum Gasteiger partial charge on any atom is -0.456 e. The van der Waals surface area contributed by atoms with Gasteiger partial charge in [-0.2, -0.15) is 0 Å². The summed E-state index contributed by atoms with van der Waals surface area (Å²) in [6, 6.07) is 25.6. The third kappa shape index (κ3) is 4.02. The zero-order chi connectivity index (χ0) is 35.8. The Kier molecular flexibility index (Phi) is 6.75. The highest BCUT2D eigenvalue weighted by molar-refractivity contribution is 6.11. The van der Waals surface area contributed by atoms with Crippen molar-refractivity contribution in [1.29, 1.82) is 0 Å². The second kappa shape index (κ2) is 11.5. The summed E-state index contributed by atoms with van der Waals surface area (Å²) in [5.41, 5.74) is 13.2. The van der Waals surface area contributed by atoms with E-state index in [1.54, 1.807) is 22.3 Å². The second-order valence-electron chi connectivity index (χ2n) is 18.4. The van der Waals surface area contributed by atoms with Crippen LogP contribution in [0.25, 0.3) is 27.5 Å². The van der Waals surface area contributed by atoms with E-state index in [0.717, 1.165) is 17.6 Å². The number of fused-ring (bicyclic) bond motifs is 15. The minimum atomic E-state index is -0.00448. The molecule has 0 aliphatic heterocycles. The van der Waals surface area contributed by atoms with Crippen LogP contribution in [0.15, 0.2) is 149 Å². The molecule has 0 bridgehead atoms. The van der Waals surface area contributed by atoms with E-state index in [1.165, 1.54) is 72.5 Å². The summed E-state index contributed by atoms with van der Waals surface area (Å²) in [6.07, 6.45) is 35.6. The summed E-state index contributed by atoms with van der Waals surface area (Å²) in [5.74, 6) is 3.57. The Bertz CT molecular complexity index is 2460. The van der Waals surface area contributed by atoms with Crippen molar-refractivity contribution in [3.63, 3.8) is 0 Å². The van der Waals surface area contributed by atoms with Crippen LogP contribution in [0.4, 0.5) is 5.69 Å². The zero-order valence-electron chi connectivity index (χ0n) is 31.8. The number of furan rings is 1. The standard InChI is InChI=1S/C52H51NO/c1-51(2)39-20-8-6-18-37(39)49-43(51)24-13-25-45(49)53(46-26-14-28-48-50(46)38-19-7-12-27-47(38)54-48)32-29-30-36-35-17-5-11-23-42(35)52(44(36)31-32)40-21-9-3-15-33(40)34-16-4-10-22-41(34)52/h3,5-7,11-15,17-19,22-30,32-34,37,39-40,45,49H,4,8-10,16,20-21,31H2,1-2H3. The lowest BCUT2D eigenvalue weighted by Gasteiger charge is -2.47. The van der Waals surface area contributed by atoms with E-state index in [0.29, 0.717) is 35.5 Å². The fraction of sp³-hybridized carbons (Fsp3) is 0.385. The smallest absolute Gasteiger partial charge is 0.137 e. The molecule has 1 aromatic heterocycles. The minimum absolute atomic E-state index is 0.00448. The molecule has 12 rings (SSSR count). The molecule has 1 spiro atoms. The Hall–Kier alpha value is -4.56. The number of para-hydroxylation sites is 1. The molecule has 270 valence electrons. The van der Waals surface area contributed by atoms with Crippen molar-refractivity contribution < 1.29 is 4.42 Å². The summed E-state index contributed by atoms with van der Waals surface area (Å²) in [7, 11) is 0. The van der Waals surface area contributed by atoms with Crippen LogP contribution in [-0.4, -0.2) is 12.1 Å². The lowest BCUT2D eigenvalue weighted by Crippen LogP contribution is -2.49. The van der Waals surface area contributed by atoms with Crippen LogP contribution in [0, 0.1) is 40.9 Å². The number of nitrogens with zero attached hydrogens (tertiary/aromatic N) is 1. The molecule has 0 N–H and O–H groups in total. The molecule has 2 nitrogen and oxygen atoms in total. The summed E-state index contributed by atoms with van der Waals surface area (Å²) in [6.45, 7) is 5.09. The maximum absolute atomic E-state index is 6.62. The molecular weight excluding hydrogens is 655 g/mol. The number of benzene rings is 3. The van der Waals surface area contributed by atoms with Gasteiger partial charge < -0.3 is 9.32 Å². The van der Waals surface area contributed by atoms with Gasteiger partial charge in [-0.15, -0.1) is 0 Å². The SMILES string of the molecule is CC1(C)C2=CC=CC(N(c3cccc4oc5ccccc5c34)C3C=CC4=C(C3)C3(C5=CCCCC5C5C=CCCC53)c3ccccc34)C2C2C=CCCC21. The second-order valence-corrected chi connectivity index (χ2v) is 18.4. The molecule has 2 fully saturated rings. The highest BCUT2D eigenvalue weighted by atomic mass is 16.3. The molecular formula is C52H51NO. The molecule has 8 aliphatic carbocycles. The Balaban J connectivity index is 1.07. The lowest BCUT2D eigenvalue weighted by atomic mass is 9.62. The van der Waals surface area contributed by atoms with Gasteiger partial charge in [0.2, 0.25) is 0 Å². The molecule has 9 atom stereocenters. The Morgan fingerprint density at radius 1 is 0.741 bits per heavy atom. The first kappa shape index (κ1) is 31.8. The number of allylic oxidation sites excluding steroid dienone is 10. The molecule has 1 heterocycles. The quantitative estimate of drug-likeness (QED) is 0.197. The normalized spacial score (nSPS) is 35.1. The van der Waals surface area contributed by atoms with Gasteiger partial charge in [-0.25, -0.2) is 0 Å². The molecule has 9 unspecified atom stereocenters. The van der Waals surface area contributed by atoms with Gasteiger partial charge in [0, 0.05) is 22.4 Å². The van der Waals surface area contributed by atoms with Gasteiger partial charge in [0.05, 0.1) is 17.5 Å². The van der Waals surface area contributed by atoms with Crippen LogP contribution in [-0.2, 0) is 5.41 Å². The van der Waals surface area contributed by atoms with E-state index in [2.05, 4.69) is 146 Å². The van der Waals surface area contributed by atoms with Gasteiger partial charge in [-0.05, 0) is 127 Å². The van der Waals surface area contributed by atoms with Crippen LogP contribution >= 0.6 is 0 Å². The van der Waals surface area contributed by atoms with E-state index in [-0.39, 0.29) is 22.9 Å². The fourth-order valence-electron chi connectivity index (χ4n) is 14.1. The monoisotopic (exact) mass is 705 g/mol. The summed E-state index contributed by atoms with van der Waals surface area (Å²) in [4.78, 5) is 2.90. The van der Waals surface area contributed by atoms with Crippen molar-refractivity contribution in [2.75, 3.05) is 4.90 Å². The molecule has 54 heavy (non-hydrogen) atoms. The number of hydrogen-bond donors (Lipinski definition) is 0. The molecule has 8 aliphatic rings. The number of hydrogen-bond acceptors (Lipinski definition) is 2. The largest absolute Gasteiger partial charge is 0.456 e. The van der Waals surface area contributed by atoms with Crippen LogP contribution in [0.1, 0.15) is 76.3 Å². The van der Waals surface area contributed by atoms with Crippen LogP contribution in [0.5, 0.6) is 0 Å². The van der Waals surface area contributed by atoms with Crippen molar-refractivity contribution in [2.24, 2.45) is 40.9 Å². The lowest BCUT2D eigenvalue weighted by molar-refractivity contribution is 0.233. The molecule has 0 saturated heterocycles. The molecule has 2 saturated carbocycles. The number of anilines is 1. The average molecular weight is 706 g/mol. The highest BCUT2D eigenvalue weighted by Gasteiger charge is 2.62. The van der Waals surface area contributed by atoms with Crippen molar-refractivity contribution in [1.82, 2.24) is 0 Å². The maximum atomic E-state index is 6.62. The zero-order valence-corrected chi connectivity index (χ0v) is 31.8. The van der Waals surface area contributed by atoms with E-state index in [4.69, 9.17) is 4.42 Å². The number of rotatable bonds is 3. The Morgan fingerprint density at radius 2 is 1.56 bits per heavy atom. The van der Waals surface area contributed by atoms with Crippen LogP contribution in [0.3, 0.4) is 0 Å². The van der Waals surface area contributed by atoms with Gasteiger partial charge in [-0.3, -0.25) is 0 Å². The van der Waals surface area contributed by atoms with Gasteiger partial charge in [0.1, 0.15) is 11.2 Å². The summed E-state index contributed by atoms with van der Waals surface area (Å²) in [5, 5.41) is 2.48. The van der Waals surface area contributed by atoms with Crippen molar-refractivity contribution in [3.8, 4) is 0 Å². The Morgan fingerprint density at radius 3 is 2.48 bits per heavy atom. The van der Waals surface area contributed by atoms with Gasteiger partial charge in [0.15, 0.2) is 0 Å². The summed E-state index contributed by atoms with van der Waals surface area (Å²) >= 11 is 0. The predicted molar refractivity (Wildman–Crippen MR) is 223 cm³/mol. The third-order valence-electron chi connectivity index (χ3n) is 16.0. The molecule has 4 aromatic rings. The first-order valence-electron chi connectivity index (χ1n) is 21.2. The molecule has 2 heteroatoms. The maximum Gasteiger partial charge on any atom is 0.137 e. The van der Waals surface area contributed by atoms with E-state index in [1.807, 2.05) is 0 Å². The first-order chi connectivity index (χ1) is 26.6. The van der Waals surface area contributed by atoms with Crippen LogP contribution < -0.4 is 4.90 Å². The van der Waals surface area contributed by atoms with E-state index < -0.39 is 0 Å². The van der Waals surface area contributed by atoms with Crippen LogP contribution in [0.2, 0.25) is 0 Å². The van der Waals surface area contributed by atoms with Gasteiger partial charge >= 0.3 is 0 Å². The molecule has 3 aromatic carbocycles. The summed E-state index contributed by atoms with van der Waals surface area (Å²) < 4.78 is 6.62. The molecule has 0 radical (unpaired) electrons. The van der Waals surface area contributed by atoms with Gasteiger partial charge in [0.25, 0.3) is 0 Å². The average Bonchev–Trinajstić information content (AvgIpc) is 3.91. The van der Waals surface area contributed by atoms with Crippen molar-refractivity contribution >= 4 is 33.2 Å². The third-order valence-corrected chi connectivity index (χ3v) is 16.0.